The fraction of sp³-hybridized carbons (Fsp3) is 0.429. The second-order valence-electron chi connectivity index (χ2n) is 7.24. The molecule has 1 fully saturated rings. The first-order valence-corrected chi connectivity index (χ1v) is 9.67. The van der Waals surface area contributed by atoms with Crippen LogP contribution in [-0.2, 0) is 24.1 Å². The number of rotatable bonds is 5. The summed E-state index contributed by atoms with van der Waals surface area (Å²) in [6, 6.07) is 9.35. The van der Waals surface area contributed by atoms with Gasteiger partial charge in [0.25, 0.3) is 5.56 Å². The molecule has 0 aliphatic carbocycles. The molecule has 1 aromatic heterocycles. The smallest absolute Gasteiger partial charge is 0.417 e. The van der Waals surface area contributed by atoms with Crippen molar-refractivity contribution in [3.8, 4) is 5.75 Å². The van der Waals surface area contributed by atoms with Crippen LogP contribution in [0.25, 0.3) is 0 Å². The summed E-state index contributed by atoms with van der Waals surface area (Å²) in [5.41, 5.74) is -0.449. The first kappa shape index (κ1) is 21.9. The van der Waals surface area contributed by atoms with Gasteiger partial charge in [0.05, 0.1) is 12.7 Å². The van der Waals surface area contributed by atoms with Crippen molar-refractivity contribution in [1.82, 2.24) is 14.4 Å². The van der Waals surface area contributed by atoms with Gasteiger partial charge in [0.2, 0.25) is 5.91 Å². The van der Waals surface area contributed by atoms with Crippen molar-refractivity contribution < 1.29 is 22.7 Å². The van der Waals surface area contributed by atoms with Crippen LogP contribution >= 0.6 is 0 Å². The summed E-state index contributed by atoms with van der Waals surface area (Å²) in [7, 11) is 1.61. The molecule has 0 saturated carbocycles. The van der Waals surface area contributed by atoms with Gasteiger partial charge in [-0.15, -0.1) is 0 Å². The minimum absolute atomic E-state index is 0.359. The fourth-order valence-corrected chi connectivity index (χ4v) is 3.44. The molecule has 30 heavy (non-hydrogen) atoms. The Morgan fingerprint density at radius 3 is 2.43 bits per heavy atom. The monoisotopic (exact) mass is 423 g/mol. The van der Waals surface area contributed by atoms with Gasteiger partial charge in [-0.05, 0) is 30.2 Å². The Kier molecular flexibility index (Phi) is 6.81. The van der Waals surface area contributed by atoms with E-state index in [2.05, 4.69) is 4.90 Å². The number of carbonyl (C=O) groups is 1. The van der Waals surface area contributed by atoms with Crippen molar-refractivity contribution in [3.05, 3.63) is 64.1 Å². The molecule has 0 atom stereocenters. The largest absolute Gasteiger partial charge is 0.497 e. The van der Waals surface area contributed by atoms with Gasteiger partial charge >= 0.3 is 6.18 Å². The third-order valence-corrected chi connectivity index (χ3v) is 5.12. The normalized spacial score (nSPS) is 15.7. The molecule has 2 aromatic rings. The molecule has 0 N–H and O–H groups in total. The zero-order chi connectivity index (χ0) is 21.7. The molecule has 0 bridgehead atoms. The van der Waals surface area contributed by atoms with E-state index >= 15 is 0 Å². The molecule has 2 heterocycles. The van der Waals surface area contributed by atoms with Crippen LogP contribution in [0.3, 0.4) is 0 Å². The van der Waals surface area contributed by atoms with Gasteiger partial charge in [0.15, 0.2) is 0 Å². The fourth-order valence-electron chi connectivity index (χ4n) is 3.44. The van der Waals surface area contributed by atoms with Gasteiger partial charge in [0, 0.05) is 45.0 Å². The van der Waals surface area contributed by atoms with Gasteiger partial charge in [-0.2, -0.15) is 13.2 Å². The Labute approximate surface area is 172 Å². The first-order valence-electron chi connectivity index (χ1n) is 9.67. The number of hydrogen-bond donors (Lipinski definition) is 0. The minimum atomic E-state index is -4.57. The number of ether oxygens (including phenoxy) is 1. The Morgan fingerprint density at radius 1 is 1.03 bits per heavy atom. The lowest BCUT2D eigenvalue weighted by atomic mass is 10.2. The minimum Gasteiger partial charge on any atom is -0.497 e. The van der Waals surface area contributed by atoms with Gasteiger partial charge < -0.3 is 14.2 Å². The lowest BCUT2D eigenvalue weighted by molar-refractivity contribution is -0.138. The van der Waals surface area contributed by atoms with Crippen LogP contribution in [0.5, 0.6) is 5.75 Å². The molecule has 1 aliphatic rings. The maximum absolute atomic E-state index is 12.9. The van der Waals surface area contributed by atoms with Crippen molar-refractivity contribution in [2.24, 2.45) is 0 Å². The van der Waals surface area contributed by atoms with Crippen molar-refractivity contribution in [2.75, 3.05) is 33.3 Å². The number of halogens is 3. The summed E-state index contributed by atoms with van der Waals surface area (Å²) >= 11 is 0. The highest BCUT2D eigenvalue weighted by Gasteiger charge is 2.31. The summed E-state index contributed by atoms with van der Waals surface area (Å²) in [5, 5.41) is 0. The number of alkyl halides is 3. The van der Waals surface area contributed by atoms with E-state index in [4.69, 9.17) is 4.74 Å². The Hall–Kier alpha value is -2.81. The number of amides is 1. The van der Waals surface area contributed by atoms with Gasteiger partial charge in [0.1, 0.15) is 12.3 Å². The second kappa shape index (κ2) is 9.34. The van der Waals surface area contributed by atoms with E-state index in [1.807, 2.05) is 24.3 Å². The zero-order valence-corrected chi connectivity index (χ0v) is 16.7. The van der Waals surface area contributed by atoms with E-state index in [1.54, 1.807) is 12.0 Å². The summed E-state index contributed by atoms with van der Waals surface area (Å²) in [5.74, 6) is 0.430. The molecule has 3 rings (SSSR count). The number of pyridine rings is 1. The average molecular weight is 423 g/mol. The number of benzene rings is 1. The Balaban J connectivity index is 1.60. The zero-order valence-electron chi connectivity index (χ0n) is 16.7. The molecule has 1 amide bonds. The predicted molar refractivity (Wildman–Crippen MR) is 105 cm³/mol. The highest BCUT2D eigenvalue weighted by Crippen LogP contribution is 2.28. The Morgan fingerprint density at radius 2 is 1.77 bits per heavy atom. The maximum atomic E-state index is 12.9. The summed E-state index contributed by atoms with van der Waals surface area (Å²) in [6.45, 7) is 2.75. The molecule has 0 radical (unpaired) electrons. The highest BCUT2D eigenvalue weighted by atomic mass is 19.4. The van der Waals surface area contributed by atoms with E-state index in [-0.39, 0.29) is 5.91 Å². The quantitative estimate of drug-likeness (QED) is 0.742. The van der Waals surface area contributed by atoms with Crippen molar-refractivity contribution in [3.63, 3.8) is 0 Å². The maximum Gasteiger partial charge on any atom is 0.417 e. The SMILES string of the molecule is COc1ccc(CN2CCCN(C(=O)Cn3cc(C(F)(F)F)ccc3=O)CC2)cc1. The molecule has 6 nitrogen and oxygen atoms in total. The topological polar surface area (TPSA) is 54.8 Å². The summed E-state index contributed by atoms with van der Waals surface area (Å²) < 4.78 is 44.6. The van der Waals surface area contributed by atoms with Crippen LogP contribution < -0.4 is 10.3 Å². The number of nitrogens with zero attached hydrogens (tertiary/aromatic N) is 3. The van der Waals surface area contributed by atoms with Crippen molar-refractivity contribution in [2.45, 2.75) is 25.7 Å². The molecule has 0 spiro atoms. The van der Waals surface area contributed by atoms with E-state index in [9.17, 15) is 22.8 Å². The van der Waals surface area contributed by atoms with E-state index < -0.39 is 23.8 Å². The summed E-state index contributed by atoms with van der Waals surface area (Å²) in [4.78, 5) is 28.4. The molecule has 1 aromatic carbocycles. The average Bonchev–Trinajstić information content (AvgIpc) is 2.95. The number of hydrogen-bond acceptors (Lipinski definition) is 4. The molecule has 1 aliphatic heterocycles. The summed E-state index contributed by atoms with van der Waals surface area (Å²) in [6.07, 6.45) is -3.11. The van der Waals surface area contributed by atoms with Crippen molar-refractivity contribution >= 4 is 5.91 Å². The van der Waals surface area contributed by atoms with Gasteiger partial charge in [-0.25, -0.2) is 0 Å². The third-order valence-electron chi connectivity index (χ3n) is 5.12. The van der Waals surface area contributed by atoms with Crippen LogP contribution in [0.2, 0.25) is 0 Å². The highest BCUT2D eigenvalue weighted by molar-refractivity contribution is 5.76. The lowest BCUT2D eigenvalue weighted by Crippen LogP contribution is -2.39. The lowest BCUT2D eigenvalue weighted by Gasteiger charge is -2.22. The van der Waals surface area contributed by atoms with Crippen LogP contribution in [0.4, 0.5) is 13.2 Å². The van der Waals surface area contributed by atoms with E-state index in [0.717, 1.165) is 47.5 Å². The van der Waals surface area contributed by atoms with Gasteiger partial charge in [-0.3, -0.25) is 14.5 Å². The third kappa shape index (κ3) is 5.63. The molecule has 9 heteroatoms. The van der Waals surface area contributed by atoms with Crippen LogP contribution in [0.15, 0.2) is 47.4 Å². The predicted octanol–water partition coefficient (Wildman–Crippen LogP) is 2.61. The molecular formula is C21H24F3N3O3. The standard InChI is InChI=1S/C21H24F3N3O3/c1-30-18-6-3-16(4-7-18)13-25-9-2-10-26(12-11-25)20(29)15-27-14-17(21(22,23)24)5-8-19(27)28/h3-8,14H,2,9-13,15H2,1H3. The molecular weight excluding hydrogens is 399 g/mol. The molecule has 0 unspecified atom stereocenters. The van der Waals surface area contributed by atoms with Crippen LogP contribution in [0, 0.1) is 0 Å². The van der Waals surface area contributed by atoms with Crippen LogP contribution in [-0.4, -0.2) is 53.6 Å². The molecule has 1 saturated heterocycles. The number of carbonyl (C=O) groups excluding carboxylic acids is 1. The van der Waals surface area contributed by atoms with Crippen molar-refractivity contribution in [1.29, 1.82) is 0 Å². The second-order valence-corrected chi connectivity index (χ2v) is 7.24. The van der Waals surface area contributed by atoms with E-state index in [1.165, 1.54) is 0 Å². The van der Waals surface area contributed by atoms with E-state index in [0.29, 0.717) is 25.8 Å². The molecule has 162 valence electrons. The number of aromatic nitrogens is 1. The number of methoxy groups -OCH3 is 1. The first-order chi connectivity index (χ1) is 14.3. The Bertz CT molecular complexity index is 926. The van der Waals surface area contributed by atoms with Gasteiger partial charge in [-0.1, -0.05) is 12.1 Å². The van der Waals surface area contributed by atoms with Crippen LogP contribution in [0.1, 0.15) is 17.5 Å².